The standard InChI is InChI=1S/C20H21NO2/c1-11-8-16-13-5-2-4-12(13)10-21-18(16)17(9-11)14-6-3-7-15(14)19(21)20(22)23/h2-3,5-6,8-9,12-15,19H,4,7,10H2,1H3,(H,22,23)/p-1/t12-,13+,14+,15+,19-/m1/s1. The van der Waals surface area contributed by atoms with E-state index in [0.717, 1.165) is 19.4 Å². The minimum absolute atomic E-state index is 0.119. The first-order valence-corrected chi connectivity index (χ1v) is 8.60. The second kappa shape index (κ2) is 4.50. The Morgan fingerprint density at radius 3 is 2.61 bits per heavy atom. The Hall–Kier alpha value is -2.03. The molecule has 0 saturated carbocycles. The van der Waals surface area contributed by atoms with Crippen LogP contribution in [0.5, 0.6) is 0 Å². The highest BCUT2D eigenvalue weighted by Gasteiger charge is 2.47. The molecule has 1 aromatic carbocycles. The smallest absolute Gasteiger partial charge is 0.0727 e. The lowest BCUT2D eigenvalue weighted by atomic mass is 9.71. The van der Waals surface area contributed by atoms with Gasteiger partial charge in [0.15, 0.2) is 0 Å². The highest BCUT2D eigenvalue weighted by Crippen LogP contribution is 2.55. The molecule has 0 spiro atoms. The predicted octanol–water partition coefficient (Wildman–Crippen LogP) is 2.27. The van der Waals surface area contributed by atoms with E-state index in [1.54, 1.807) is 0 Å². The molecule has 5 atom stereocenters. The Kier molecular flexibility index (Phi) is 2.62. The largest absolute Gasteiger partial charge is 0.548 e. The average Bonchev–Trinajstić information content (AvgIpc) is 3.15. The van der Waals surface area contributed by atoms with E-state index in [0.29, 0.717) is 11.8 Å². The molecule has 0 N–H and O–H groups in total. The van der Waals surface area contributed by atoms with E-state index in [-0.39, 0.29) is 11.8 Å². The van der Waals surface area contributed by atoms with Gasteiger partial charge in [-0.3, -0.25) is 0 Å². The van der Waals surface area contributed by atoms with E-state index in [9.17, 15) is 9.90 Å². The Balaban J connectivity index is 1.78. The molecular weight excluding hydrogens is 286 g/mol. The maximum atomic E-state index is 12.0. The Morgan fingerprint density at radius 2 is 1.83 bits per heavy atom. The third-order valence-corrected chi connectivity index (χ3v) is 6.24. The van der Waals surface area contributed by atoms with E-state index in [2.05, 4.69) is 48.3 Å². The van der Waals surface area contributed by atoms with Crippen LogP contribution in [0.4, 0.5) is 5.69 Å². The molecular formula is C20H20NO2-. The van der Waals surface area contributed by atoms with Crippen molar-refractivity contribution in [3.8, 4) is 0 Å². The molecule has 2 aliphatic heterocycles. The van der Waals surface area contributed by atoms with Crippen molar-refractivity contribution in [3.05, 3.63) is 53.1 Å². The second-order valence-corrected chi connectivity index (χ2v) is 7.51. The molecule has 0 radical (unpaired) electrons. The average molecular weight is 306 g/mol. The van der Waals surface area contributed by atoms with Crippen molar-refractivity contribution in [2.45, 2.75) is 37.6 Å². The Bertz CT molecular complexity index is 746. The summed E-state index contributed by atoms with van der Waals surface area (Å²) in [5.74, 6) is 0.386. The molecule has 2 aliphatic carbocycles. The van der Waals surface area contributed by atoms with E-state index in [1.807, 2.05) is 0 Å². The van der Waals surface area contributed by atoms with Crippen molar-refractivity contribution in [1.82, 2.24) is 0 Å². The fourth-order valence-corrected chi connectivity index (χ4v) is 5.39. The predicted molar refractivity (Wildman–Crippen MR) is 87.3 cm³/mol. The van der Waals surface area contributed by atoms with Gasteiger partial charge < -0.3 is 14.8 Å². The van der Waals surface area contributed by atoms with Crippen molar-refractivity contribution in [1.29, 1.82) is 0 Å². The van der Waals surface area contributed by atoms with Crippen LogP contribution in [0.3, 0.4) is 0 Å². The fraction of sp³-hybridized carbons (Fsp3) is 0.450. The number of rotatable bonds is 1. The fourth-order valence-electron chi connectivity index (χ4n) is 5.39. The van der Waals surface area contributed by atoms with Gasteiger partial charge in [-0.25, -0.2) is 0 Å². The molecule has 3 nitrogen and oxygen atoms in total. The van der Waals surface area contributed by atoms with Crippen LogP contribution in [-0.4, -0.2) is 18.6 Å². The van der Waals surface area contributed by atoms with Gasteiger partial charge in [0.25, 0.3) is 0 Å². The lowest BCUT2D eigenvalue weighted by Crippen LogP contribution is -2.58. The molecule has 0 fully saturated rings. The molecule has 23 heavy (non-hydrogen) atoms. The zero-order valence-electron chi connectivity index (χ0n) is 13.2. The van der Waals surface area contributed by atoms with Crippen molar-refractivity contribution in [2.75, 3.05) is 11.4 Å². The number of benzene rings is 1. The summed E-state index contributed by atoms with van der Waals surface area (Å²) in [7, 11) is 0. The first-order chi connectivity index (χ1) is 11.1. The molecule has 0 saturated heterocycles. The zero-order chi connectivity index (χ0) is 15.7. The van der Waals surface area contributed by atoms with Crippen LogP contribution in [0.2, 0.25) is 0 Å². The summed E-state index contributed by atoms with van der Waals surface area (Å²) in [5.41, 5.74) is 5.13. The number of carbonyl (C=O) groups excluding carboxylic acids is 1. The summed E-state index contributed by atoms with van der Waals surface area (Å²) in [6.07, 6.45) is 10.8. The number of fused-ring (bicyclic) bond motifs is 4. The van der Waals surface area contributed by atoms with Gasteiger partial charge in [-0.1, -0.05) is 42.0 Å². The SMILES string of the molecule is Cc1cc2c3c(c1)[C@H]1C=CC[C@@H]1[C@H](C(=O)[O-])N3C[C@H]1CC=C[C@H]21. The van der Waals surface area contributed by atoms with Crippen LogP contribution >= 0.6 is 0 Å². The molecule has 0 amide bonds. The van der Waals surface area contributed by atoms with Gasteiger partial charge in [0.1, 0.15) is 0 Å². The minimum Gasteiger partial charge on any atom is -0.548 e. The highest BCUT2D eigenvalue weighted by molar-refractivity contribution is 5.82. The van der Waals surface area contributed by atoms with Crippen molar-refractivity contribution in [2.24, 2.45) is 11.8 Å². The Morgan fingerprint density at radius 1 is 1.13 bits per heavy atom. The summed E-state index contributed by atoms with van der Waals surface area (Å²) >= 11 is 0. The maximum absolute atomic E-state index is 12.0. The molecule has 1 aromatic rings. The lowest BCUT2D eigenvalue weighted by molar-refractivity contribution is -0.309. The summed E-state index contributed by atoms with van der Waals surface area (Å²) in [5, 5.41) is 12.0. The molecule has 0 bridgehead atoms. The Labute approximate surface area is 136 Å². The number of carboxylic acid groups (broad SMARTS) is 1. The molecule has 3 heteroatoms. The quantitative estimate of drug-likeness (QED) is 0.748. The van der Waals surface area contributed by atoms with Gasteiger partial charge in [0.05, 0.1) is 12.0 Å². The van der Waals surface area contributed by atoms with Crippen molar-refractivity contribution >= 4 is 11.7 Å². The molecule has 4 aliphatic rings. The van der Waals surface area contributed by atoms with Crippen LogP contribution in [0.1, 0.15) is 41.4 Å². The second-order valence-electron chi connectivity index (χ2n) is 7.51. The van der Waals surface area contributed by atoms with Gasteiger partial charge >= 0.3 is 0 Å². The summed E-state index contributed by atoms with van der Waals surface area (Å²) < 4.78 is 0. The van der Waals surface area contributed by atoms with Crippen LogP contribution in [0, 0.1) is 18.8 Å². The van der Waals surface area contributed by atoms with Gasteiger partial charge in [0, 0.05) is 24.1 Å². The number of carboxylic acids is 1. The number of anilines is 1. The highest BCUT2D eigenvalue weighted by atomic mass is 16.4. The maximum Gasteiger partial charge on any atom is 0.0727 e. The third kappa shape index (κ3) is 1.68. The zero-order valence-corrected chi connectivity index (χ0v) is 13.2. The van der Waals surface area contributed by atoms with E-state index < -0.39 is 12.0 Å². The summed E-state index contributed by atoms with van der Waals surface area (Å²) in [4.78, 5) is 14.1. The monoisotopic (exact) mass is 306 g/mol. The molecule has 118 valence electrons. The number of carbonyl (C=O) groups is 1. The number of hydrogen-bond donors (Lipinski definition) is 0. The summed E-state index contributed by atoms with van der Waals surface area (Å²) in [6.45, 7) is 2.99. The number of nitrogens with zero attached hydrogens (tertiary/aromatic N) is 1. The first kappa shape index (κ1) is 13.4. The first-order valence-electron chi connectivity index (χ1n) is 8.60. The number of allylic oxidation sites excluding steroid dienone is 4. The van der Waals surface area contributed by atoms with Crippen LogP contribution in [0.15, 0.2) is 36.4 Å². The molecule has 5 rings (SSSR count). The van der Waals surface area contributed by atoms with Gasteiger partial charge in [-0.2, -0.15) is 0 Å². The third-order valence-electron chi connectivity index (χ3n) is 6.24. The van der Waals surface area contributed by atoms with E-state index in [4.69, 9.17) is 0 Å². The lowest BCUT2D eigenvalue weighted by Gasteiger charge is -2.51. The van der Waals surface area contributed by atoms with E-state index >= 15 is 0 Å². The van der Waals surface area contributed by atoms with Crippen molar-refractivity contribution < 1.29 is 9.90 Å². The molecule has 2 heterocycles. The number of aryl methyl sites for hydroxylation is 1. The topological polar surface area (TPSA) is 43.4 Å². The van der Waals surface area contributed by atoms with Crippen molar-refractivity contribution in [3.63, 3.8) is 0 Å². The van der Waals surface area contributed by atoms with Crippen LogP contribution in [-0.2, 0) is 4.79 Å². The number of aliphatic carboxylic acids is 1. The van der Waals surface area contributed by atoms with Gasteiger partial charge in [0.2, 0.25) is 0 Å². The van der Waals surface area contributed by atoms with E-state index in [1.165, 1.54) is 22.4 Å². The molecule has 0 unspecified atom stereocenters. The normalized spacial score (nSPS) is 35.9. The minimum atomic E-state index is -0.912. The van der Waals surface area contributed by atoms with Gasteiger partial charge in [-0.15, -0.1) is 0 Å². The van der Waals surface area contributed by atoms with Crippen LogP contribution < -0.4 is 10.0 Å². The molecule has 0 aromatic heterocycles. The van der Waals surface area contributed by atoms with Gasteiger partial charge in [-0.05, 0) is 42.7 Å². The van der Waals surface area contributed by atoms with Crippen LogP contribution in [0.25, 0.3) is 0 Å². The number of hydrogen-bond acceptors (Lipinski definition) is 3. The summed E-state index contributed by atoms with van der Waals surface area (Å²) in [6, 6.07) is 4.04.